The van der Waals surface area contributed by atoms with Crippen molar-refractivity contribution in [3.8, 4) is 0 Å². The van der Waals surface area contributed by atoms with Crippen LogP contribution in [0.2, 0.25) is 0 Å². The van der Waals surface area contributed by atoms with Gasteiger partial charge in [0.05, 0.1) is 5.75 Å². The van der Waals surface area contributed by atoms with Crippen LogP contribution in [0, 0.1) is 6.92 Å². The summed E-state index contributed by atoms with van der Waals surface area (Å²) in [5.74, 6) is 0.696. The monoisotopic (exact) mass is 378 g/mol. The first-order chi connectivity index (χ1) is 12.4. The Bertz CT molecular complexity index is 978. The zero-order valence-corrected chi connectivity index (χ0v) is 15.9. The lowest BCUT2D eigenvalue weighted by Crippen LogP contribution is -3.29. The molecule has 8 heteroatoms. The highest BCUT2D eigenvalue weighted by Crippen LogP contribution is 2.09. The maximum absolute atomic E-state index is 12.3. The molecular formula is C18H26N4O3S+2. The summed E-state index contributed by atoms with van der Waals surface area (Å²) in [5, 5.41) is 0. The molecule has 0 radical (unpaired) electrons. The standard InChI is InChI=1S/C18H24N4O3S/c1-14-3-2-5-22-17(23)11-15(19-18(14)22)12-20-6-8-21(9-7-20)16-4-10-26(24,25)13-16/h2-3,5,11,16H,4,6-10,12-13H2,1H3/p+2/t16-/m0/s1. The number of pyridine rings is 1. The van der Waals surface area contributed by atoms with Gasteiger partial charge in [0.25, 0.3) is 5.56 Å². The average molecular weight is 378 g/mol. The van der Waals surface area contributed by atoms with Gasteiger partial charge in [0.15, 0.2) is 9.84 Å². The first-order valence-electron chi connectivity index (χ1n) is 9.28. The molecule has 2 saturated heterocycles. The molecule has 2 aromatic heterocycles. The van der Waals surface area contributed by atoms with E-state index in [4.69, 9.17) is 4.98 Å². The van der Waals surface area contributed by atoms with Gasteiger partial charge in [-0.2, -0.15) is 0 Å². The molecule has 2 fully saturated rings. The topological polar surface area (TPSA) is 77.4 Å². The normalized spacial score (nSPS) is 28.4. The van der Waals surface area contributed by atoms with Crippen molar-refractivity contribution in [2.24, 2.45) is 0 Å². The van der Waals surface area contributed by atoms with E-state index in [1.807, 2.05) is 19.1 Å². The quantitative estimate of drug-likeness (QED) is 0.618. The predicted octanol–water partition coefficient (Wildman–Crippen LogP) is -2.53. The van der Waals surface area contributed by atoms with Gasteiger partial charge in [-0.3, -0.25) is 9.20 Å². The number of sulfone groups is 1. The van der Waals surface area contributed by atoms with E-state index < -0.39 is 9.84 Å². The number of rotatable bonds is 3. The van der Waals surface area contributed by atoms with Gasteiger partial charge >= 0.3 is 0 Å². The van der Waals surface area contributed by atoms with E-state index >= 15 is 0 Å². The Hall–Kier alpha value is -1.77. The molecule has 4 rings (SSSR count). The second kappa shape index (κ2) is 6.75. The van der Waals surface area contributed by atoms with Gasteiger partial charge in [-0.1, -0.05) is 6.07 Å². The lowest BCUT2D eigenvalue weighted by atomic mass is 10.2. The van der Waals surface area contributed by atoms with Crippen molar-refractivity contribution in [2.75, 3.05) is 37.7 Å². The van der Waals surface area contributed by atoms with Gasteiger partial charge in [-0.25, -0.2) is 13.4 Å². The van der Waals surface area contributed by atoms with Crippen molar-refractivity contribution in [3.05, 3.63) is 46.0 Å². The summed E-state index contributed by atoms with van der Waals surface area (Å²) in [4.78, 5) is 19.9. The number of fused-ring (bicyclic) bond motifs is 1. The first kappa shape index (κ1) is 17.6. The molecule has 0 saturated carbocycles. The summed E-state index contributed by atoms with van der Waals surface area (Å²) in [5.41, 5.74) is 2.53. The van der Waals surface area contributed by atoms with E-state index in [0.29, 0.717) is 11.5 Å². The third-order valence-electron chi connectivity index (χ3n) is 5.78. The van der Waals surface area contributed by atoms with Crippen molar-refractivity contribution < 1.29 is 18.2 Å². The van der Waals surface area contributed by atoms with Gasteiger partial charge < -0.3 is 9.80 Å². The van der Waals surface area contributed by atoms with Gasteiger partial charge in [-0.15, -0.1) is 0 Å². The Morgan fingerprint density at radius 3 is 2.73 bits per heavy atom. The van der Waals surface area contributed by atoms with Crippen LogP contribution in [0.15, 0.2) is 29.2 Å². The minimum atomic E-state index is -2.81. The molecule has 26 heavy (non-hydrogen) atoms. The molecule has 2 aromatic rings. The molecule has 0 bridgehead atoms. The number of aryl methyl sites for hydroxylation is 1. The van der Waals surface area contributed by atoms with Crippen LogP contribution in [0.4, 0.5) is 0 Å². The van der Waals surface area contributed by atoms with Crippen LogP contribution in [-0.2, 0) is 16.4 Å². The molecule has 0 spiro atoms. The van der Waals surface area contributed by atoms with Gasteiger partial charge in [-0.05, 0) is 18.6 Å². The number of aromatic nitrogens is 2. The van der Waals surface area contributed by atoms with Crippen LogP contribution in [0.25, 0.3) is 5.65 Å². The summed E-state index contributed by atoms with van der Waals surface area (Å²) in [6.07, 6.45) is 2.56. The molecule has 4 heterocycles. The smallest absolute Gasteiger partial charge is 0.258 e. The molecule has 0 aromatic carbocycles. The van der Waals surface area contributed by atoms with Crippen LogP contribution >= 0.6 is 0 Å². The third-order valence-corrected chi connectivity index (χ3v) is 7.55. The Morgan fingerprint density at radius 1 is 1.27 bits per heavy atom. The minimum Gasteiger partial charge on any atom is -0.322 e. The predicted molar refractivity (Wildman–Crippen MR) is 98.4 cm³/mol. The third kappa shape index (κ3) is 3.54. The maximum Gasteiger partial charge on any atom is 0.258 e. The zero-order chi connectivity index (χ0) is 18.3. The number of hydrogen-bond acceptors (Lipinski definition) is 4. The van der Waals surface area contributed by atoms with Crippen molar-refractivity contribution >= 4 is 15.5 Å². The fourth-order valence-corrected chi connectivity index (χ4v) is 6.11. The van der Waals surface area contributed by atoms with E-state index in [-0.39, 0.29) is 11.6 Å². The van der Waals surface area contributed by atoms with Crippen molar-refractivity contribution in [1.82, 2.24) is 9.38 Å². The minimum absolute atomic E-state index is 0.0338. The van der Waals surface area contributed by atoms with Crippen molar-refractivity contribution in [2.45, 2.75) is 25.9 Å². The van der Waals surface area contributed by atoms with E-state index in [0.717, 1.165) is 56.0 Å². The Morgan fingerprint density at radius 2 is 2.04 bits per heavy atom. The number of nitrogens with one attached hydrogen (secondary N) is 2. The Labute approximate surface area is 153 Å². The lowest BCUT2D eigenvalue weighted by Gasteiger charge is -2.32. The van der Waals surface area contributed by atoms with Crippen LogP contribution in [0.5, 0.6) is 0 Å². The van der Waals surface area contributed by atoms with Crippen LogP contribution in [0.3, 0.4) is 0 Å². The molecule has 2 N–H and O–H groups in total. The number of hydrogen-bond donors (Lipinski definition) is 2. The van der Waals surface area contributed by atoms with Crippen LogP contribution in [0.1, 0.15) is 17.7 Å². The second-order valence-corrected chi connectivity index (χ2v) is 9.88. The SMILES string of the molecule is Cc1cccn2c(=O)cc(C[NH+]3CC[NH+]([C@H]4CCS(=O)(=O)C4)CC3)nc12. The number of quaternary nitrogens is 2. The average Bonchev–Trinajstić information content (AvgIpc) is 2.97. The highest BCUT2D eigenvalue weighted by molar-refractivity contribution is 7.91. The maximum atomic E-state index is 12.3. The molecule has 7 nitrogen and oxygen atoms in total. The summed E-state index contributed by atoms with van der Waals surface area (Å²) in [6.45, 7) is 6.66. The van der Waals surface area contributed by atoms with E-state index in [1.165, 1.54) is 9.80 Å². The highest BCUT2D eigenvalue weighted by Gasteiger charge is 2.37. The van der Waals surface area contributed by atoms with Gasteiger partial charge in [0.1, 0.15) is 55.9 Å². The molecule has 1 atom stereocenters. The molecule has 140 valence electrons. The van der Waals surface area contributed by atoms with E-state index in [9.17, 15) is 13.2 Å². The van der Waals surface area contributed by atoms with Gasteiger partial charge in [0, 0.05) is 18.7 Å². The van der Waals surface area contributed by atoms with E-state index in [1.54, 1.807) is 16.7 Å². The molecular weight excluding hydrogens is 352 g/mol. The van der Waals surface area contributed by atoms with Crippen LogP contribution in [-0.4, -0.2) is 61.5 Å². The molecule has 0 amide bonds. The van der Waals surface area contributed by atoms with Crippen molar-refractivity contribution in [1.29, 1.82) is 0 Å². The molecule has 2 aliphatic heterocycles. The fourth-order valence-electron chi connectivity index (χ4n) is 4.28. The van der Waals surface area contributed by atoms with Gasteiger partial charge in [0.2, 0.25) is 0 Å². The molecule has 0 aliphatic carbocycles. The van der Waals surface area contributed by atoms with Crippen molar-refractivity contribution in [3.63, 3.8) is 0 Å². The fraction of sp³-hybridized carbons (Fsp3) is 0.556. The lowest BCUT2D eigenvalue weighted by molar-refractivity contribution is -1.03. The molecule has 2 aliphatic rings. The van der Waals surface area contributed by atoms with Crippen LogP contribution < -0.4 is 15.4 Å². The van der Waals surface area contributed by atoms with E-state index in [2.05, 4.69) is 0 Å². The Kier molecular flexibility index (Phi) is 4.58. The zero-order valence-electron chi connectivity index (χ0n) is 15.1. The summed E-state index contributed by atoms with van der Waals surface area (Å²) in [7, 11) is -2.81. The summed E-state index contributed by atoms with van der Waals surface area (Å²) < 4.78 is 25.0. The number of piperazine rings is 1. The Balaban J connectivity index is 1.43. The largest absolute Gasteiger partial charge is 0.322 e. The second-order valence-electron chi connectivity index (χ2n) is 7.66. The first-order valence-corrected chi connectivity index (χ1v) is 11.1. The summed E-state index contributed by atoms with van der Waals surface area (Å²) >= 11 is 0. The number of nitrogens with zero attached hydrogens (tertiary/aromatic N) is 2. The molecule has 0 unspecified atom stereocenters. The highest BCUT2D eigenvalue weighted by atomic mass is 32.2. The summed E-state index contributed by atoms with van der Waals surface area (Å²) in [6, 6.07) is 5.74.